The Morgan fingerprint density at radius 1 is 1.26 bits per heavy atom. The van der Waals surface area contributed by atoms with Gasteiger partial charge in [0.25, 0.3) is 5.56 Å². The fraction of sp³-hybridized carbons (Fsp3) is 0.231. The van der Waals surface area contributed by atoms with Crippen LogP contribution in [0.25, 0.3) is 11.4 Å². The molecule has 4 nitrogen and oxygen atoms in total. The third kappa shape index (κ3) is 2.60. The average Bonchev–Trinajstić information content (AvgIpc) is 2.26. The maximum Gasteiger partial charge on any atom is 0.258 e. The van der Waals surface area contributed by atoms with Gasteiger partial charge in [0, 0.05) is 0 Å². The highest BCUT2D eigenvalue weighted by Crippen LogP contribution is 2.33. The molecular weight excluding hydrogens is 287 g/mol. The van der Waals surface area contributed by atoms with Crippen LogP contribution in [0.3, 0.4) is 0 Å². The topological polar surface area (TPSA) is 66.0 Å². The van der Waals surface area contributed by atoms with Crippen LogP contribution in [-0.2, 0) is 0 Å². The van der Waals surface area contributed by atoms with Crippen molar-refractivity contribution in [2.75, 3.05) is 0 Å². The number of hydrogen-bond donors (Lipinski definition) is 2. The summed E-state index contributed by atoms with van der Waals surface area (Å²) in [5.41, 5.74) is 0.244. The summed E-state index contributed by atoms with van der Waals surface area (Å²) in [5, 5.41) is 10.6. The highest BCUT2D eigenvalue weighted by molar-refractivity contribution is 6.38. The van der Waals surface area contributed by atoms with Gasteiger partial charge in [-0.3, -0.25) is 4.79 Å². The predicted octanol–water partition coefficient (Wildman–Crippen LogP) is 3.57. The summed E-state index contributed by atoms with van der Waals surface area (Å²) in [6.07, 6.45) is 0. The van der Waals surface area contributed by atoms with Gasteiger partial charge in [-0.15, -0.1) is 0 Å². The minimum atomic E-state index is -0.395. The van der Waals surface area contributed by atoms with Crippen molar-refractivity contribution < 1.29 is 5.11 Å². The van der Waals surface area contributed by atoms with E-state index in [1.54, 1.807) is 32.0 Å². The Morgan fingerprint density at radius 3 is 2.32 bits per heavy atom. The molecular formula is C13H12Cl2N2O2. The van der Waals surface area contributed by atoms with Gasteiger partial charge in [0.15, 0.2) is 0 Å². The zero-order chi connectivity index (χ0) is 14.2. The number of halogens is 2. The van der Waals surface area contributed by atoms with Crippen LogP contribution in [0.2, 0.25) is 10.0 Å². The van der Waals surface area contributed by atoms with Gasteiger partial charge in [-0.05, 0) is 18.1 Å². The second-order valence-corrected chi connectivity index (χ2v) is 5.22. The van der Waals surface area contributed by atoms with E-state index >= 15 is 0 Å². The van der Waals surface area contributed by atoms with Crippen molar-refractivity contribution in [2.45, 2.75) is 19.8 Å². The molecule has 2 rings (SSSR count). The number of nitrogens with one attached hydrogen (secondary N) is 1. The van der Waals surface area contributed by atoms with E-state index in [1.807, 2.05) is 0 Å². The Balaban J connectivity index is 2.69. The number of aromatic nitrogens is 2. The van der Waals surface area contributed by atoms with Crippen LogP contribution >= 0.6 is 23.2 Å². The van der Waals surface area contributed by atoms with Crippen molar-refractivity contribution in [2.24, 2.45) is 0 Å². The van der Waals surface area contributed by atoms with E-state index in [1.165, 1.54) is 0 Å². The largest absolute Gasteiger partial charge is 0.493 e. The second-order valence-electron chi connectivity index (χ2n) is 4.40. The molecule has 0 aliphatic carbocycles. The smallest absolute Gasteiger partial charge is 0.258 e. The van der Waals surface area contributed by atoms with Crippen LogP contribution in [-0.4, -0.2) is 15.1 Å². The SMILES string of the molecule is CC(C)c1c(O)nc(-c2c(Cl)cccc2Cl)[nH]c1=O. The Hall–Kier alpha value is -1.52. The first kappa shape index (κ1) is 13.9. The summed E-state index contributed by atoms with van der Waals surface area (Å²) < 4.78 is 0. The Morgan fingerprint density at radius 2 is 1.84 bits per heavy atom. The molecule has 0 aliphatic heterocycles. The number of H-pyrrole nitrogens is 1. The quantitative estimate of drug-likeness (QED) is 0.891. The van der Waals surface area contributed by atoms with Gasteiger partial charge < -0.3 is 10.1 Å². The van der Waals surface area contributed by atoms with Gasteiger partial charge in [0.05, 0.1) is 21.2 Å². The van der Waals surface area contributed by atoms with Crippen LogP contribution in [0.15, 0.2) is 23.0 Å². The number of nitrogens with zero attached hydrogens (tertiary/aromatic N) is 1. The Labute approximate surface area is 120 Å². The first-order valence-electron chi connectivity index (χ1n) is 5.69. The van der Waals surface area contributed by atoms with Gasteiger partial charge in [-0.2, -0.15) is 4.98 Å². The van der Waals surface area contributed by atoms with E-state index in [2.05, 4.69) is 9.97 Å². The highest BCUT2D eigenvalue weighted by Gasteiger charge is 2.17. The average molecular weight is 299 g/mol. The molecule has 0 aliphatic rings. The molecule has 0 unspecified atom stereocenters. The van der Waals surface area contributed by atoms with Gasteiger partial charge >= 0.3 is 0 Å². The van der Waals surface area contributed by atoms with E-state index in [-0.39, 0.29) is 23.2 Å². The van der Waals surface area contributed by atoms with Crippen LogP contribution < -0.4 is 5.56 Å². The lowest BCUT2D eigenvalue weighted by Crippen LogP contribution is -2.16. The van der Waals surface area contributed by atoms with Gasteiger partial charge in [0.2, 0.25) is 5.88 Å². The standard InChI is InChI=1S/C13H12Cl2N2O2/c1-6(2)9-12(18)16-11(17-13(9)19)10-7(14)4-3-5-8(10)15/h3-6H,1-2H3,(H2,16,17,18,19). The highest BCUT2D eigenvalue weighted by atomic mass is 35.5. The molecule has 0 spiro atoms. The Kier molecular flexibility index (Phi) is 3.83. The zero-order valence-electron chi connectivity index (χ0n) is 10.4. The molecule has 2 N–H and O–H groups in total. The minimum Gasteiger partial charge on any atom is -0.493 e. The van der Waals surface area contributed by atoms with E-state index in [9.17, 15) is 9.90 Å². The van der Waals surface area contributed by atoms with Gasteiger partial charge in [-0.25, -0.2) is 0 Å². The maximum atomic E-state index is 12.0. The molecule has 6 heteroatoms. The van der Waals surface area contributed by atoms with Crippen LogP contribution in [0.5, 0.6) is 5.88 Å². The lowest BCUT2D eigenvalue weighted by molar-refractivity contribution is 0.440. The molecule has 1 aromatic carbocycles. The number of benzene rings is 1. The van der Waals surface area contributed by atoms with Crippen molar-refractivity contribution in [1.29, 1.82) is 0 Å². The van der Waals surface area contributed by atoms with Crippen molar-refractivity contribution >= 4 is 23.2 Å². The molecule has 1 heterocycles. The fourth-order valence-electron chi connectivity index (χ4n) is 1.83. The van der Waals surface area contributed by atoms with Crippen LogP contribution in [0.1, 0.15) is 25.3 Å². The summed E-state index contributed by atoms with van der Waals surface area (Å²) >= 11 is 12.1. The zero-order valence-corrected chi connectivity index (χ0v) is 11.9. The Bertz CT molecular complexity index is 661. The summed E-state index contributed by atoms with van der Waals surface area (Å²) in [4.78, 5) is 18.5. The summed E-state index contributed by atoms with van der Waals surface area (Å²) in [6, 6.07) is 4.96. The minimum absolute atomic E-state index is 0.132. The molecule has 19 heavy (non-hydrogen) atoms. The third-order valence-electron chi connectivity index (χ3n) is 2.71. The summed E-state index contributed by atoms with van der Waals surface area (Å²) in [6.45, 7) is 3.60. The van der Waals surface area contributed by atoms with E-state index in [0.717, 1.165) is 0 Å². The van der Waals surface area contributed by atoms with Gasteiger partial charge in [-0.1, -0.05) is 43.1 Å². The molecule has 1 aromatic heterocycles. The van der Waals surface area contributed by atoms with Crippen molar-refractivity contribution in [3.63, 3.8) is 0 Å². The summed E-state index contributed by atoms with van der Waals surface area (Å²) in [7, 11) is 0. The normalized spacial score (nSPS) is 11.0. The summed E-state index contributed by atoms with van der Waals surface area (Å²) in [5.74, 6) is -0.278. The van der Waals surface area contributed by atoms with Crippen molar-refractivity contribution in [1.82, 2.24) is 9.97 Å². The molecule has 100 valence electrons. The van der Waals surface area contributed by atoms with Crippen LogP contribution in [0.4, 0.5) is 0 Å². The van der Waals surface area contributed by atoms with Crippen molar-refractivity contribution in [3.8, 4) is 17.3 Å². The first-order chi connectivity index (χ1) is 8.91. The first-order valence-corrected chi connectivity index (χ1v) is 6.45. The predicted molar refractivity (Wildman–Crippen MR) is 76.1 cm³/mol. The van der Waals surface area contributed by atoms with Crippen LogP contribution in [0, 0.1) is 0 Å². The molecule has 0 amide bonds. The molecule has 0 bridgehead atoms. The molecule has 2 aromatic rings. The van der Waals surface area contributed by atoms with E-state index in [4.69, 9.17) is 23.2 Å². The van der Waals surface area contributed by atoms with E-state index in [0.29, 0.717) is 15.6 Å². The fourth-order valence-corrected chi connectivity index (χ4v) is 2.41. The second kappa shape index (κ2) is 5.23. The molecule has 0 saturated heterocycles. The lowest BCUT2D eigenvalue weighted by atomic mass is 10.1. The number of aromatic hydroxyl groups is 1. The number of rotatable bonds is 2. The van der Waals surface area contributed by atoms with Gasteiger partial charge in [0.1, 0.15) is 5.82 Å². The molecule has 0 atom stereocenters. The van der Waals surface area contributed by atoms with Crippen molar-refractivity contribution in [3.05, 3.63) is 44.2 Å². The van der Waals surface area contributed by atoms with E-state index < -0.39 is 5.56 Å². The monoisotopic (exact) mass is 298 g/mol. The molecule has 0 saturated carbocycles. The number of aromatic amines is 1. The third-order valence-corrected chi connectivity index (χ3v) is 3.34. The lowest BCUT2D eigenvalue weighted by Gasteiger charge is -2.10. The molecule has 0 radical (unpaired) electrons. The number of hydrogen-bond acceptors (Lipinski definition) is 3. The molecule has 0 fully saturated rings. The maximum absolute atomic E-state index is 12.0.